The van der Waals surface area contributed by atoms with Gasteiger partial charge in [0, 0.05) is 5.92 Å². The molecule has 0 fully saturated rings. The van der Waals surface area contributed by atoms with Crippen molar-refractivity contribution in [3.63, 3.8) is 0 Å². The fourth-order valence-corrected chi connectivity index (χ4v) is 1.42. The molecule has 0 heterocycles. The third-order valence-corrected chi connectivity index (χ3v) is 2.79. The van der Waals surface area contributed by atoms with Gasteiger partial charge in [-0.15, -0.1) is 0 Å². The number of hydrogen-bond donors (Lipinski definition) is 3. The van der Waals surface area contributed by atoms with Gasteiger partial charge in [-0.05, 0) is 17.7 Å². The maximum absolute atomic E-state index is 12.8. The zero-order valence-electron chi connectivity index (χ0n) is 8.85. The predicted octanol–water partition coefficient (Wildman–Crippen LogP) is 1.25. The van der Waals surface area contributed by atoms with Crippen LogP contribution < -0.4 is 5.73 Å². The van der Waals surface area contributed by atoms with Crippen LogP contribution in [0.25, 0.3) is 0 Å². The largest absolute Gasteiger partial charge is 0.508 e. The molecule has 0 bridgehead atoms. The Morgan fingerprint density at radius 3 is 2.38 bits per heavy atom. The van der Waals surface area contributed by atoms with E-state index in [2.05, 4.69) is 0 Å². The van der Waals surface area contributed by atoms with E-state index in [1.807, 2.05) is 0 Å². The zero-order chi connectivity index (χ0) is 12.3. The van der Waals surface area contributed by atoms with E-state index in [1.54, 1.807) is 6.92 Å². The van der Waals surface area contributed by atoms with E-state index in [9.17, 15) is 9.18 Å². The maximum atomic E-state index is 12.8. The van der Waals surface area contributed by atoms with Crippen LogP contribution in [0.3, 0.4) is 0 Å². The smallest absolute Gasteiger partial charge is 0.327 e. The summed E-state index contributed by atoms with van der Waals surface area (Å²) >= 11 is 0. The molecule has 4 N–H and O–H groups in total. The quantitative estimate of drug-likeness (QED) is 0.722. The number of benzene rings is 1. The second kappa shape index (κ2) is 4.49. The van der Waals surface area contributed by atoms with Gasteiger partial charge in [-0.2, -0.15) is 0 Å². The molecule has 88 valence electrons. The summed E-state index contributed by atoms with van der Waals surface area (Å²) in [4.78, 5) is 10.9. The predicted molar refractivity (Wildman–Crippen MR) is 57.1 cm³/mol. The second-order valence-electron chi connectivity index (χ2n) is 3.79. The molecule has 2 atom stereocenters. The average molecular weight is 227 g/mol. The average Bonchev–Trinajstić information content (AvgIpc) is 2.27. The topological polar surface area (TPSA) is 83.5 Å². The minimum Gasteiger partial charge on any atom is -0.508 e. The minimum atomic E-state index is -1.93. The molecule has 0 saturated heterocycles. The molecule has 1 rings (SSSR count). The Hall–Kier alpha value is -1.62. The van der Waals surface area contributed by atoms with Crippen LogP contribution in [0.4, 0.5) is 4.39 Å². The molecule has 0 saturated carbocycles. The van der Waals surface area contributed by atoms with Crippen molar-refractivity contribution in [3.8, 4) is 5.75 Å². The van der Waals surface area contributed by atoms with E-state index in [-0.39, 0.29) is 5.75 Å². The molecular weight excluding hydrogens is 213 g/mol. The summed E-state index contributed by atoms with van der Waals surface area (Å²) in [6.45, 7) is 0.393. The lowest BCUT2D eigenvalue weighted by atomic mass is 9.82. The number of alkyl halides is 1. The first-order valence-electron chi connectivity index (χ1n) is 4.79. The lowest BCUT2D eigenvalue weighted by Gasteiger charge is -2.28. The van der Waals surface area contributed by atoms with Gasteiger partial charge in [0.1, 0.15) is 18.0 Å². The molecule has 0 amide bonds. The first kappa shape index (κ1) is 12.4. The van der Waals surface area contributed by atoms with E-state index < -0.39 is 24.1 Å². The van der Waals surface area contributed by atoms with Crippen LogP contribution in [0.2, 0.25) is 0 Å². The van der Waals surface area contributed by atoms with Crippen LogP contribution in [-0.4, -0.2) is 28.4 Å². The monoisotopic (exact) mass is 227 g/mol. The van der Waals surface area contributed by atoms with Gasteiger partial charge < -0.3 is 15.9 Å². The summed E-state index contributed by atoms with van der Waals surface area (Å²) in [5, 5.41) is 18.0. The van der Waals surface area contributed by atoms with Crippen LogP contribution in [0.5, 0.6) is 5.75 Å². The molecule has 0 aliphatic heterocycles. The fraction of sp³-hybridized carbons (Fsp3) is 0.364. The lowest BCUT2D eigenvalue weighted by molar-refractivity contribution is -0.144. The maximum Gasteiger partial charge on any atom is 0.327 e. The molecule has 0 spiro atoms. The summed E-state index contributed by atoms with van der Waals surface area (Å²) in [5.74, 6) is -2.00. The van der Waals surface area contributed by atoms with Crippen molar-refractivity contribution in [2.24, 2.45) is 5.73 Å². The van der Waals surface area contributed by atoms with Crippen molar-refractivity contribution in [1.82, 2.24) is 0 Å². The van der Waals surface area contributed by atoms with E-state index >= 15 is 0 Å². The number of carboxylic acid groups (broad SMARTS) is 1. The van der Waals surface area contributed by atoms with Gasteiger partial charge in [0.05, 0.1) is 0 Å². The van der Waals surface area contributed by atoms with Crippen molar-refractivity contribution in [3.05, 3.63) is 29.8 Å². The number of carboxylic acids is 1. The lowest BCUT2D eigenvalue weighted by Crippen LogP contribution is -2.54. The Morgan fingerprint density at radius 2 is 2.00 bits per heavy atom. The van der Waals surface area contributed by atoms with Gasteiger partial charge in [-0.1, -0.05) is 19.1 Å². The van der Waals surface area contributed by atoms with Crippen molar-refractivity contribution < 1.29 is 19.4 Å². The molecule has 0 aliphatic carbocycles. The van der Waals surface area contributed by atoms with Crippen LogP contribution in [0.15, 0.2) is 24.3 Å². The standard InChI is InChI=1S/C11H14FNO3/c1-7(11(13,6-12)10(15)16)8-2-4-9(14)5-3-8/h2-5,7,14H,6,13H2,1H3,(H,15,16). The number of rotatable bonds is 4. The van der Waals surface area contributed by atoms with Crippen molar-refractivity contribution in [2.75, 3.05) is 6.67 Å². The van der Waals surface area contributed by atoms with Crippen LogP contribution in [0.1, 0.15) is 18.4 Å². The Kier molecular flexibility index (Phi) is 3.49. The Bertz CT molecular complexity index is 379. The molecular formula is C11H14FNO3. The molecule has 1 aromatic rings. The van der Waals surface area contributed by atoms with Gasteiger partial charge >= 0.3 is 5.97 Å². The molecule has 16 heavy (non-hydrogen) atoms. The summed E-state index contributed by atoms with van der Waals surface area (Å²) in [7, 11) is 0. The third kappa shape index (κ3) is 2.14. The Balaban J connectivity index is 3.04. The van der Waals surface area contributed by atoms with Crippen molar-refractivity contribution in [2.45, 2.75) is 18.4 Å². The van der Waals surface area contributed by atoms with Crippen LogP contribution in [-0.2, 0) is 4.79 Å². The molecule has 1 aromatic carbocycles. The normalized spacial score (nSPS) is 16.4. The minimum absolute atomic E-state index is 0.0640. The van der Waals surface area contributed by atoms with E-state index in [0.717, 1.165) is 0 Å². The van der Waals surface area contributed by atoms with Gasteiger partial charge in [0.2, 0.25) is 0 Å². The van der Waals surface area contributed by atoms with E-state index in [4.69, 9.17) is 15.9 Å². The van der Waals surface area contributed by atoms with Crippen molar-refractivity contribution in [1.29, 1.82) is 0 Å². The van der Waals surface area contributed by atoms with Crippen molar-refractivity contribution >= 4 is 5.97 Å². The summed E-state index contributed by atoms with van der Waals surface area (Å²) in [6, 6.07) is 5.87. The highest BCUT2D eigenvalue weighted by Crippen LogP contribution is 2.28. The number of hydrogen-bond acceptors (Lipinski definition) is 3. The van der Waals surface area contributed by atoms with Gasteiger partial charge in [0.25, 0.3) is 0 Å². The number of phenolic OH excluding ortho intramolecular Hbond substituents is 1. The highest BCUT2D eigenvalue weighted by Gasteiger charge is 2.40. The highest BCUT2D eigenvalue weighted by molar-refractivity contribution is 5.80. The molecule has 4 nitrogen and oxygen atoms in total. The van der Waals surface area contributed by atoms with Crippen LogP contribution >= 0.6 is 0 Å². The summed E-state index contributed by atoms with van der Waals surface area (Å²) < 4.78 is 12.8. The summed E-state index contributed by atoms with van der Waals surface area (Å²) in [5.41, 5.74) is 4.15. The first-order valence-corrected chi connectivity index (χ1v) is 4.79. The molecule has 0 radical (unpaired) electrons. The summed E-state index contributed by atoms with van der Waals surface area (Å²) in [6.07, 6.45) is 0. The number of carbonyl (C=O) groups is 1. The third-order valence-electron chi connectivity index (χ3n) is 2.79. The highest BCUT2D eigenvalue weighted by atomic mass is 19.1. The van der Waals surface area contributed by atoms with E-state index in [1.165, 1.54) is 24.3 Å². The number of aromatic hydroxyl groups is 1. The van der Waals surface area contributed by atoms with Crippen LogP contribution in [0, 0.1) is 0 Å². The number of halogens is 1. The Labute approximate surface area is 92.5 Å². The van der Waals surface area contributed by atoms with Gasteiger partial charge in [0.15, 0.2) is 0 Å². The second-order valence-corrected chi connectivity index (χ2v) is 3.79. The van der Waals surface area contributed by atoms with Gasteiger partial charge in [-0.25, -0.2) is 4.39 Å². The molecule has 5 heteroatoms. The molecule has 2 unspecified atom stereocenters. The zero-order valence-corrected chi connectivity index (χ0v) is 8.85. The Morgan fingerprint density at radius 1 is 1.50 bits per heavy atom. The number of phenols is 1. The number of nitrogens with two attached hydrogens (primary N) is 1. The SMILES string of the molecule is CC(c1ccc(O)cc1)C(N)(CF)C(=O)O. The number of aliphatic carboxylic acids is 1. The fourth-order valence-electron chi connectivity index (χ4n) is 1.42. The van der Waals surface area contributed by atoms with Gasteiger partial charge in [-0.3, -0.25) is 4.79 Å². The molecule has 0 aromatic heterocycles. The molecule has 0 aliphatic rings. The van der Waals surface area contributed by atoms with E-state index in [0.29, 0.717) is 5.56 Å². The first-order chi connectivity index (χ1) is 7.41.